The van der Waals surface area contributed by atoms with Gasteiger partial charge in [0, 0.05) is 31.6 Å². The summed E-state index contributed by atoms with van der Waals surface area (Å²) in [6, 6.07) is 2.79. The zero-order valence-electron chi connectivity index (χ0n) is 9.25. The van der Waals surface area contributed by atoms with Crippen molar-refractivity contribution >= 4 is 5.91 Å². The van der Waals surface area contributed by atoms with Gasteiger partial charge in [-0.15, -0.1) is 0 Å². The normalized spacial score (nSPS) is 8.76. The number of nitrogens with zero attached hydrogens (tertiary/aromatic N) is 2. The van der Waals surface area contributed by atoms with E-state index in [9.17, 15) is 9.18 Å². The lowest BCUT2D eigenvalue weighted by atomic mass is 10.2. The van der Waals surface area contributed by atoms with Crippen molar-refractivity contribution in [3.8, 4) is 17.9 Å². The summed E-state index contributed by atoms with van der Waals surface area (Å²) in [5, 5.41) is 11.1. The molecule has 1 amide bonds. The second kappa shape index (κ2) is 6.24. The fraction of sp³-hybridized carbons (Fsp3) is 0.250. The maximum absolute atomic E-state index is 13.1. The number of carbonyl (C=O) groups is 1. The van der Waals surface area contributed by atoms with Crippen LogP contribution in [0.25, 0.3) is 0 Å². The Morgan fingerprint density at radius 1 is 1.65 bits per heavy atom. The van der Waals surface area contributed by atoms with Crippen molar-refractivity contribution < 1.29 is 9.18 Å². The maximum atomic E-state index is 13.1. The van der Waals surface area contributed by atoms with E-state index in [0.717, 1.165) is 6.07 Å². The van der Waals surface area contributed by atoms with E-state index in [1.807, 2.05) is 0 Å². The van der Waals surface area contributed by atoms with E-state index in [4.69, 9.17) is 5.26 Å². The molecule has 0 aliphatic rings. The molecule has 0 aliphatic heterocycles. The highest BCUT2D eigenvalue weighted by molar-refractivity contribution is 5.72. The summed E-state index contributed by atoms with van der Waals surface area (Å²) in [7, 11) is 0. The van der Waals surface area contributed by atoms with Crippen LogP contribution >= 0.6 is 0 Å². The predicted octanol–water partition coefficient (Wildman–Crippen LogP) is 0.970. The van der Waals surface area contributed by atoms with Crippen molar-refractivity contribution in [3.63, 3.8) is 0 Å². The number of aromatic nitrogens is 1. The molecule has 17 heavy (non-hydrogen) atoms. The second-order valence-electron chi connectivity index (χ2n) is 3.20. The van der Waals surface area contributed by atoms with Gasteiger partial charge in [-0.2, -0.15) is 5.26 Å². The number of hydrogen-bond donors (Lipinski definition) is 1. The molecule has 0 unspecified atom stereocenters. The summed E-state index contributed by atoms with van der Waals surface area (Å²) in [6.07, 6.45) is 1.81. The van der Waals surface area contributed by atoms with Crippen molar-refractivity contribution in [2.75, 3.05) is 6.54 Å². The Morgan fingerprint density at radius 3 is 3.00 bits per heavy atom. The first-order valence-electron chi connectivity index (χ1n) is 4.92. The lowest BCUT2D eigenvalue weighted by Gasteiger charge is -1.95. The van der Waals surface area contributed by atoms with Crippen LogP contribution in [-0.2, 0) is 4.79 Å². The van der Waals surface area contributed by atoms with E-state index in [2.05, 4.69) is 22.1 Å². The van der Waals surface area contributed by atoms with Gasteiger partial charge in [-0.1, -0.05) is 11.8 Å². The fourth-order valence-electron chi connectivity index (χ4n) is 1.05. The molecule has 1 rings (SSSR count). The smallest absolute Gasteiger partial charge is 0.216 e. The van der Waals surface area contributed by atoms with Gasteiger partial charge in [-0.05, 0) is 6.07 Å². The molecule has 1 N–H and O–H groups in total. The number of carbonyl (C=O) groups excluding carboxylic acids is 1. The Balaban J connectivity index is 2.58. The van der Waals surface area contributed by atoms with E-state index >= 15 is 0 Å². The molecule has 86 valence electrons. The minimum absolute atomic E-state index is 0.113. The zero-order chi connectivity index (χ0) is 12.7. The van der Waals surface area contributed by atoms with Crippen LogP contribution in [0.5, 0.6) is 0 Å². The van der Waals surface area contributed by atoms with Gasteiger partial charge in [0.15, 0.2) is 11.5 Å². The van der Waals surface area contributed by atoms with Crippen LogP contribution in [0.3, 0.4) is 0 Å². The number of pyridine rings is 1. The summed E-state index contributed by atoms with van der Waals surface area (Å²) >= 11 is 0. The Morgan fingerprint density at radius 2 is 2.41 bits per heavy atom. The van der Waals surface area contributed by atoms with Gasteiger partial charge in [0.05, 0.1) is 0 Å². The molecule has 0 fully saturated rings. The van der Waals surface area contributed by atoms with Crippen LogP contribution in [0, 0.1) is 29.0 Å². The molecule has 0 aliphatic carbocycles. The van der Waals surface area contributed by atoms with E-state index in [1.165, 1.54) is 13.1 Å². The largest absolute Gasteiger partial charge is 0.355 e. The first kappa shape index (κ1) is 12.7. The van der Waals surface area contributed by atoms with Gasteiger partial charge in [-0.3, -0.25) is 4.79 Å². The third kappa shape index (κ3) is 4.31. The van der Waals surface area contributed by atoms with Crippen molar-refractivity contribution in [2.45, 2.75) is 13.3 Å². The van der Waals surface area contributed by atoms with Gasteiger partial charge >= 0.3 is 0 Å². The molecule has 4 nitrogen and oxygen atoms in total. The highest BCUT2D eigenvalue weighted by atomic mass is 19.1. The Bertz CT molecular complexity index is 523. The average Bonchev–Trinajstić information content (AvgIpc) is 2.28. The third-order valence-corrected chi connectivity index (χ3v) is 1.80. The number of hydrogen-bond acceptors (Lipinski definition) is 3. The van der Waals surface area contributed by atoms with Crippen LogP contribution in [0.15, 0.2) is 12.3 Å². The summed E-state index contributed by atoms with van der Waals surface area (Å²) in [4.78, 5) is 14.2. The van der Waals surface area contributed by atoms with Crippen LogP contribution in [0.1, 0.15) is 24.6 Å². The molecule has 0 aromatic carbocycles. The predicted molar refractivity (Wildman–Crippen MR) is 59.1 cm³/mol. The van der Waals surface area contributed by atoms with Crippen molar-refractivity contribution in [1.29, 1.82) is 5.26 Å². The highest BCUT2D eigenvalue weighted by Crippen LogP contribution is 2.04. The number of nitriles is 1. The summed E-state index contributed by atoms with van der Waals surface area (Å²) < 4.78 is 13.1. The maximum Gasteiger partial charge on any atom is 0.216 e. The molecule has 1 aromatic rings. The van der Waals surface area contributed by atoms with Crippen molar-refractivity contribution in [1.82, 2.24) is 10.3 Å². The van der Waals surface area contributed by atoms with Crippen LogP contribution in [-0.4, -0.2) is 17.4 Å². The molecule has 0 saturated heterocycles. The quantitative estimate of drug-likeness (QED) is 0.609. The molecule has 5 heteroatoms. The molecule has 0 atom stereocenters. The number of halogens is 1. The molecule has 0 saturated carbocycles. The zero-order valence-corrected chi connectivity index (χ0v) is 9.25. The Hall–Kier alpha value is -2.40. The number of nitrogens with one attached hydrogen (secondary N) is 1. The summed E-state index contributed by atoms with van der Waals surface area (Å²) in [5.74, 6) is 4.67. The van der Waals surface area contributed by atoms with Gasteiger partial charge in [0.2, 0.25) is 5.91 Å². The minimum atomic E-state index is -0.679. The fourth-order valence-corrected chi connectivity index (χ4v) is 1.05. The van der Waals surface area contributed by atoms with E-state index < -0.39 is 5.82 Å². The van der Waals surface area contributed by atoms with Crippen LogP contribution < -0.4 is 5.32 Å². The lowest BCUT2D eigenvalue weighted by molar-refractivity contribution is -0.118. The Kier molecular flexibility index (Phi) is 4.65. The van der Waals surface area contributed by atoms with E-state index in [1.54, 1.807) is 6.07 Å². The standard InChI is InChI=1S/C12H10FN3O/c1-9(17)15-5-3-2-4-10-6-11(13)12(7-14)16-8-10/h6,8H,3,5H2,1H3,(H,15,17). The van der Waals surface area contributed by atoms with Crippen molar-refractivity contribution in [2.24, 2.45) is 0 Å². The molecule has 0 radical (unpaired) electrons. The second-order valence-corrected chi connectivity index (χ2v) is 3.20. The number of amides is 1. The van der Waals surface area contributed by atoms with Crippen molar-refractivity contribution in [3.05, 3.63) is 29.3 Å². The van der Waals surface area contributed by atoms with E-state index in [0.29, 0.717) is 18.5 Å². The highest BCUT2D eigenvalue weighted by Gasteiger charge is 2.01. The number of rotatable bonds is 2. The minimum Gasteiger partial charge on any atom is -0.355 e. The van der Waals surface area contributed by atoms with Crippen LogP contribution in [0.2, 0.25) is 0 Å². The molecule has 0 bridgehead atoms. The monoisotopic (exact) mass is 231 g/mol. The van der Waals surface area contributed by atoms with Crippen LogP contribution in [0.4, 0.5) is 4.39 Å². The summed E-state index contributed by atoms with van der Waals surface area (Å²) in [6.45, 7) is 1.88. The first-order chi connectivity index (χ1) is 8.13. The van der Waals surface area contributed by atoms with Gasteiger partial charge in [0.1, 0.15) is 6.07 Å². The summed E-state index contributed by atoms with van der Waals surface area (Å²) in [5.41, 5.74) is 0.165. The third-order valence-electron chi connectivity index (χ3n) is 1.80. The average molecular weight is 231 g/mol. The van der Waals surface area contributed by atoms with Gasteiger partial charge < -0.3 is 5.32 Å². The van der Waals surface area contributed by atoms with Gasteiger partial charge in [-0.25, -0.2) is 9.37 Å². The SMILES string of the molecule is CC(=O)NCCC#Cc1cnc(C#N)c(F)c1. The molecule has 1 heterocycles. The lowest BCUT2D eigenvalue weighted by Crippen LogP contribution is -2.20. The molecular weight excluding hydrogens is 221 g/mol. The molecular formula is C12H10FN3O. The Labute approximate surface area is 98.5 Å². The molecule has 0 spiro atoms. The molecule has 1 aromatic heterocycles. The topological polar surface area (TPSA) is 65.8 Å². The van der Waals surface area contributed by atoms with Gasteiger partial charge in [0.25, 0.3) is 0 Å². The first-order valence-corrected chi connectivity index (χ1v) is 4.92. The van der Waals surface area contributed by atoms with E-state index in [-0.39, 0.29) is 11.6 Å².